The van der Waals surface area contributed by atoms with Crippen molar-refractivity contribution in [1.29, 1.82) is 0 Å². The Morgan fingerprint density at radius 3 is 2.40 bits per heavy atom. The van der Waals surface area contributed by atoms with Gasteiger partial charge in [0.1, 0.15) is 0 Å². The van der Waals surface area contributed by atoms with Crippen LogP contribution < -0.4 is 5.32 Å². The molecule has 0 radical (unpaired) electrons. The standard InChI is InChI=1S/C24H23Cl2N3O/c1-13-4-6-14(7-5-13)12-27-22(30)24-9-8-15(23(24,2)3)20-21(24)29-19-11-17(26)16(25)10-18(19)28-20/h4-7,10-11,15H,8-9,12H2,1-3H3,(H,27,30). The van der Waals surface area contributed by atoms with Crippen LogP contribution in [-0.2, 0) is 16.8 Å². The smallest absolute Gasteiger partial charge is 0.233 e. The van der Waals surface area contributed by atoms with Gasteiger partial charge in [0.05, 0.1) is 37.9 Å². The first-order chi connectivity index (χ1) is 14.2. The molecule has 1 saturated carbocycles. The second-order valence-corrected chi connectivity index (χ2v) is 9.91. The molecule has 1 heterocycles. The van der Waals surface area contributed by atoms with Gasteiger partial charge in [-0.1, -0.05) is 66.9 Å². The average Bonchev–Trinajstić information content (AvgIpc) is 3.08. The number of halogens is 2. The van der Waals surface area contributed by atoms with Crippen molar-refractivity contribution in [3.05, 3.63) is 69.0 Å². The number of aryl methyl sites for hydroxylation is 1. The van der Waals surface area contributed by atoms with E-state index < -0.39 is 5.41 Å². The highest BCUT2D eigenvalue weighted by Crippen LogP contribution is 2.67. The molecule has 1 N–H and O–H groups in total. The highest BCUT2D eigenvalue weighted by atomic mass is 35.5. The summed E-state index contributed by atoms with van der Waals surface area (Å²) in [7, 11) is 0. The Morgan fingerprint density at radius 2 is 1.73 bits per heavy atom. The molecule has 0 saturated heterocycles. The number of nitrogens with one attached hydrogen (secondary N) is 1. The summed E-state index contributed by atoms with van der Waals surface area (Å²) in [6.45, 7) is 6.90. The van der Waals surface area contributed by atoms with Crippen molar-refractivity contribution in [2.24, 2.45) is 5.41 Å². The van der Waals surface area contributed by atoms with Crippen LogP contribution in [0.5, 0.6) is 0 Å². The van der Waals surface area contributed by atoms with Gasteiger partial charge < -0.3 is 5.32 Å². The van der Waals surface area contributed by atoms with Crippen molar-refractivity contribution in [1.82, 2.24) is 15.3 Å². The second kappa shape index (κ2) is 6.66. The van der Waals surface area contributed by atoms with Crippen LogP contribution in [0.15, 0.2) is 36.4 Å². The molecule has 154 valence electrons. The Labute approximate surface area is 186 Å². The minimum absolute atomic E-state index is 0.0306. The molecule has 4 nitrogen and oxygen atoms in total. The van der Waals surface area contributed by atoms with Crippen molar-refractivity contribution >= 4 is 40.1 Å². The summed E-state index contributed by atoms with van der Waals surface area (Å²) in [5, 5.41) is 4.10. The minimum atomic E-state index is -0.689. The fourth-order valence-corrected chi connectivity index (χ4v) is 5.73. The number of hydrogen-bond donors (Lipinski definition) is 1. The molecule has 1 amide bonds. The normalized spacial score (nSPS) is 23.6. The molecule has 6 heteroatoms. The number of carbonyl (C=O) groups is 1. The van der Waals surface area contributed by atoms with Crippen molar-refractivity contribution < 1.29 is 4.79 Å². The fourth-order valence-electron chi connectivity index (χ4n) is 5.42. The summed E-state index contributed by atoms with van der Waals surface area (Å²) in [5.74, 6) is 0.229. The third kappa shape index (κ3) is 2.63. The van der Waals surface area contributed by atoms with Crippen molar-refractivity contribution in [3.63, 3.8) is 0 Å². The van der Waals surface area contributed by atoms with E-state index in [1.54, 1.807) is 12.1 Å². The van der Waals surface area contributed by atoms with E-state index in [0.717, 1.165) is 35.3 Å². The Bertz CT molecular complexity index is 1190. The van der Waals surface area contributed by atoms with E-state index in [9.17, 15) is 4.79 Å². The number of nitrogens with zero attached hydrogens (tertiary/aromatic N) is 2. The first-order valence-electron chi connectivity index (χ1n) is 10.2. The highest BCUT2D eigenvalue weighted by Gasteiger charge is 2.67. The third-order valence-corrected chi connectivity index (χ3v) is 7.93. The highest BCUT2D eigenvalue weighted by molar-refractivity contribution is 6.42. The van der Waals surface area contributed by atoms with Crippen LogP contribution in [0.2, 0.25) is 10.0 Å². The Hall–Kier alpha value is -2.17. The largest absolute Gasteiger partial charge is 0.351 e. The van der Waals surface area contributed by atoms with Crippen LogP contribution in [0, 0.1) is 12.3 Å². The van der Waals surface area contributed by atoms with Gasteiger partial charge in [-0.25, -0.2) is 9.97 Å². The summed E-state index contributed by atoms with van der Waals surface area (Å²) in [6, 6.07) is 11.7. The number of carbonyl (C=O) groups excluding carboxylic acids is 1. The van der Waals surface area contributed by atoms with E-state index in [1.807, 2.05) is 0 Å². The fraction of sp³-hybridized carbons (Fsp3) is 0.375. The average molecular weight is 440 g/mol. The lowest BCUT2D eigenvalue weighted by atomic mass is 9.67. The molecule has 2 aromatic carbocycles. The maximum absolute atomic E-state index is 13.7. The summed E-state index contributed by atoms with van der Waals surface area (Å²) >= 11 is 12.4. The number of fused-ring (bicyclic) bond motifs is 6. The van der Waals surface area contributed by atoms with Crippen LogP contribution in [-0.4, -0.2) is 15.9 Å². The first kappa shape index (κ1) is 19.8. The molecule has 2 atom stereocenters. The summed E-state index contributed by atoms with van der Waals surface area (Å²) in [6.07, 6.45) is 1.71. The predicted octanol–water partition coefficient (Wildman–Crippen LogP) is 5.72. The molecule has 2 aliphatic rings. The van der Waals surface area contributed by atoms with Crippen LogP contribution in [0.4, 0.5) is 0 Å². The lowest BCUT2D eigenvalue weighted by Gasteiger charge is -2.36. The molecule has 2 bridgehead atoms. The SMILES string of the molecule is Cc1ccc(CNC(=O)C23CCC(c4nc5cc(Cl)c(Cl)cc5nc42)C3(C)C)cc1. The van der Waals surface area contributed by atoms with Gasteiger partial charge in [0, 0.05) is 12.5 Å². The predicted molar refractivity (Wildman–Crippen MR) is 120 cm³/mol. The Kier molecular flexibility index (Phi) is 4.39. The first-order valence-corrected chi connectivity index (χ1v) is 11.0. The number of aromatic nitrogens is 2. The molecular weight excluding hydrogens is 417 g/mol. The third-order valence-electron chi connectivity index (χ3n) is 7.21. The lowest BCUT2D eigenvalue weighted by molar-refractivity contribution is -0.130. The van der Waals surface area contributed by atoms with E-state index in [1.165, 1.54) is 5.56 Å². The van der Waals surface area contributed by atoms with Gasteiger partial charge in [-0.3, -0.25) is 4.79 Å². The van der Waals surface area contributed by atoms with Gasteiger partial charge in [-0.2, -0.15) is 0 Å². The molecule has 30 heavy (non-hydrogen) atoms. The van der Waals surface area contributed by atoms with Gasteiger partial charge in [0.2, 0.25) is 5.91 Å². The quantitative estimate of drug-likeness (QED) is 0.567. The van der Waals surface area contributed by atoms with E-state index in [0.29, 0.717) is 22.1 Å². The molecular formula is C24H23Cl2N3O. The molecule has 2 unspecified atom stereocenters. The summed E-state index contributed by atoms with van der Waals surface area (Å²) in [5.41, 5.74) is 4.47. The lowest BCUT2D eigenvalue weighted by Crippen LogP contribution is -2.49. The number of benzene rings is 2. The second-order valence-electron chi connectivity index (χ2n) is 9.10. The van der Waals surface area contributed by atoms with Gasteiger partial charge >= 0.3 is 0 Å². The Morgan fingerprint density at radius 1 is 1.10 bits per heavy atom. The van der Waals surface area contributed by atoms with Gasteiger partial charge in [0.25, 0.3) is 0 Å². The molecule has 2 aliphatic carbocycles. The zero-order valence-electron chi connectivity index (χ0n) is 17.2. The zero-order chi connectivity index (χ0) is 21.3. The molecule has 5 rings (SSSR count). The molecule has 0 aliphatic heterocycles. The van der Waals surface area contributed by atoms with Crippen LogP contribution in [0.3, 0.4) is 0 Å². The van der Waals surface area contributed by atoms with Gasteiger partial charge in [-0.15, -0.1) is 0 Å². The van der Waals surface area contributed by atoms with E-state index in [4.69, 9.17) is 33.2 Å². The van der Waals surface area contributed by atoms with Crippen molar-refractivity contribution in [3.8, 4) is 0 Å². The summed E-state index contributed by atoms with van der Waals surface area (Å²) in [4.78, 5) is 23.5. The maximum Gasteiger partial charge on any atom is 0.233 e. The molecule has 1 fully saturated rings. The minimum Gasteiger partial charge on any atom is -0.351 e. The number of hydrogen-bond acceptors (Lipinski definition) is 3. The number of rotatable bonds is 3. The van der Waals surface area contributed by atoms with E-state index in [-0.39, 0.29) is 17.2 Å². The molecule has 0 spiro atoms. The molecule has 3 aromatic rings. The zero-order valence-corrected chi connectivity index (χ0v) is 18.7. The van der Waals surface area contributed by atoms with Gasteiger partial charge in [-0.05, 0) is 42.9 Å². The van der Waals surface area contributed by atoms with Crippen LogP contribution >= 0.6 is 23.2 Å². The Balaban J connectivity index is 1.57. The maximum atomic E-state index is 13.7. The topological polar surface area (TPSA) is 54.9 Å². The van der Waals surface area contributed by atoms with E-state index in [2.05, 4.69) is 50.4 Å². The molecule has 1 aromatic heterocycles. The van der Waals surface area contributed by atoms with Crippen LogP contribution in [0.25, 0.3) is 11.0 Å². The van der Waals surface area contributed by atoms with Crippen molar-refractivity contribution in [2.75, 3.05) is 0 Å². The monoisotopic (exact) mass is 439 g/mol. The van der Waals surface area contributed by atoms with E-state index >= 15 is 0 Å². The van der Waals surface area contributed by atoms with Crippen molar-refractivity contribution in [2.45, 2.75) is 51.5 Å². The number of amides is 1. The summed E-state index contributed by atoms with van der Waals surface area (Å²) < 4.78 is 0. The van der Waals surface area contributed by atoms with Gasteiger partial charge in [0.15, 0.2) is 0 Å². The van der Waals surface area contributed by atoms with Crippen LogP contribution in [0.1, 0.15) is 55.1 Å².